The van der Waals surface area contributed by atoms with Gasteiger partial charge in [-0.3, -0.25) is 9.89 Å². The smallest absolute Gasteiger partial charge is 0.276 e. The first-order chi connectivity index (χ1) is 12.4. The van der Waals surface area contributed by atoms with Gasteiger partial charge in [0.15, 0.2) is 5.69 Å². The molecule has 0 aliphatic heterocycles. The number of sulfonamides is 1. The van der Waals surface area contributed by atoms with Gasteiger partial charge in [0, 0.05) is 10.6 Å². The van der Waals surface area contributed by atoms with E-state index in [1.54, 1.807) is 17.8 Å². The molecule has 3 rings (SSSR count). The summed E-state index contributed by atoms with van der Waals surface area (Å²) in [6, 6.07) is 15.1. The minimum Gasteiger partial charge on any atom is -0.321 e. The van der Waals surface area contributed by atoms with Gasteiger partial charge in [-0.15, -0.1) is 11.8 Å². The van der Waals surface area contributed by atoms with E-state index in [1.807, 2.05) is 30.5 Å². The van der Waals surface area contributed by atoms with Crippen molar-refractivity contribution >= 4 is 33.4 Å². The van der Waals surface area contributed by atoms with Crippen molar-refractivity contribution in [3.05, 3.63) is 60.3 Å². The van der Waals surface area contributed by atoms with Crippen molar-refractivity contribution in [3.8, 4) is 11.3 Å². The van der Waals surface area contributed by atoms with Crippen molar-refractivity contribution in [2.24, 2.45) is 5.14 Å². The number of H-pyrrole nitrogens is 1. The maximum Gasteiger partial charge on any atom is 0.276 e. The van der Waals surface area contributed by atoms with Crippen molar-refractivity contribution < 1.29 is 13.2 Å². The number of aromatic amines is 1. The molecule has 7 nitrogen and oxygen atoms in total. The average molecular weight is 388 g/mol. The van der Waals surface area contributed by atoms with Crippen molar-refractivity contribution in [1.82, 2.24) is 10.2 Å². The molecule has 2 aromatic carbocycles. The van der Waals surface area contributed by atoms with Gasteiger partial charge in [-0.1, -0.05) is 12.1 Å². The normalized spacial score (nSPS) is 11.3. The average Bonchev–Trinajstić information content (AvgIpc) is 3.12. The second-order valence-electron chi connectivity index (χ2n) is 5.42. The molecule has 0 bridgehead atoms. The molecular weight excluding hydrogens is 372 g/mol. The molecule has 9 heteroatoms. The Hall–Kier alpha value is -2.62. The number of hydrogen-bond acceptors (Lipinski definition) is 5. The van der Waals surface area contributed by atoms with Crippen LogP contribution in [0.4, 0.5) is 5.69 Å². The molecule has 1 heterocycles. The van der Waals surface area contributed by atoms with E-state index in [2.05, 4.69) is 15.5 Å². The first-order valence-electron chi connectivity index (χ1n) is 7.51. The molecule has 134 valence electrons. The zero-order chi connectivity index (χ0) is 18.7. The Morgan fingerprint density at radius 1 is 1.12 bits per heavy atom. The van der Waals surface area contributed by atoms with Gasteiger partial charge in [-0.2, -0.15) is 5.10 Å². The van der Waals surface area contributed by atoms with Crippen LogP contribution in [-0.2, 0) is 10.0 Å². The van der Waals surface area contributed by atoms with Gasteiger partial charge >= 0.3 is 0 Å². The summed E-state index contributed by atoms with van der Waals surface area (Å²) in [7, 11) is -3.76. The molecule has 0 unspecified atom stereocenters. The van der Waals surface area contributed by atoms with Crippen molar-refractivity contribution in [2.75, 3.05) is 11.6 Å². The van der Waals surface area contributed by atoms with Crippen LogP contribution < -0.4 is 10.5 Å². The lowest BCUT2D eigenvalue weighted by atomic mass is 10.1. The zero-order valence-corrected chi connectivity index (χ0v) is 15.4. The van der Waals surface area contributed by atoms with E-state index in [9.17, 15) is 13.2 Å². The molecule has 0 spiro atoms. The van der Waals surface area contributed by atoms with E-state index < -0.39 is 15.9 Å². The summed E-state index contributed by atoms with van der Waals surface area (Å²) >= 11 is 1.65. The van der Waals surface area contributed by atoms with Crippen LogP contribution in [0.3, 0.4) is 0 Å². The fourth-order valence-electron chi connectivity index (χ4n) is 2.28. The zero-order valence-electron chi connectivity index (χ0n) is 13.8. The van der Waals surface area contributed by atoms with Crippen molar-refractivity contribution in [2.45, 2.75) is 9.79 Å². The van der Waals surface area contributed by atoms with E-state index in [0.717, 1.165) is 16.2 Å². The number of carbonyl (C=O) groups excluding carboxylic acids is 1. The van der Waals surface area contributed by atoms with Gasteiger partial charge in [0.1, 0.15) is 0 Å². The standard InChI is InChI=1S/C17H16N4O3S2/c1-25-13-6-2-11(3-7-13)15-10-16(21-20-15)17(22)19-12-4-8-14(9-5-12)26(18,23)24/h2-10H,1H3,(H,19,22)(H,20,21)(H2,18,23,24). The summed E-state index contributed by atoms with van der Waals surface area (Å²) in [5.41, 5.74) is 2.32. The third-order valence-electron chi connectivity index (χ3n) is 3.65. The van der Waals surface area contributed by atoms with Gasteiger partial charge in [0.05, 0.1) is 10.6 Å². The number of amides is 1. The van der Waals surface area contributed by atoms with Crippen molar-refractivity contribution in [1.29, 1.82) is 0 Å². The van der Waals surface area contributed by atoms with E-state index in [1.165, 1.54) is 24.3 Å². The quantitative estimate of drug-likeness (QED) is 0.581. The number of rotatable bonds is 5. The van der Waals surface area contributed by atoms with Gasteiger partial charge in [-0.05, 0) is 54.3 Å². The molecule has 0 aliphatic carbocycles. The lowest BCUT2D eigenvalue weighted by Gasteiger charge is -2.04. The summed E-state index contributed by atoms with van der Waals surface area (Å²) < 4.78 is 22.5. The predicted molar refractivity (Wildman–Crippen MR) is 102 cm³/mol. The van der Waals surface area contributed by atoms with Crippen LogP contribution in [0.2, 0.25) is 0 Å². The van der Waals surface area contributed by atoms with E-state index in [0.29, 0.717) is 5.69 Å². The summed E-state index contributed by atoms with van der Waals surface area (Å²) in [5.74, 6) is -0.406. The topological polar surface area (TPSA) is 118 Å². The van der Waals surface area contributed by atoms with Crippen LogP contribution in [-0.4, -0.2) is 30.8 Å². The highest BCUT2D eigenvalue weighted by Crippen LogP contribution is 2.22. The number of nitrogens with zero attached hydrogens (tertiary/aromatic N) is 1. The molecular formula is C17H16N4O3S2. The van der Waals surface area contributed by atoms with E-state index in [4.69, 9.17) is 5.14 Å². The second kappa shape index (κ2) is 7.32. The Morgan fingerprint density at radius 2 is 1.77 bits per heavy atom. The second-order valence-corrected chi connectivity index (χ2v) is 7.86. The number of anilines is 1. The van der Waals surface area contributed by atoms with Crippen LogP contribution in [0.25, 0.3) is 11.3 Å². The van der Waals surface area contributed by atoms with Gasteiger partial charge in [0.2, 0.25) is 10.0 Å². The number of benzene rings is 2. The molecule has 1 aromatic heterocycles. The molecule has 0 aliphatic rings. The molecule has 4 N–H and O–H groups in total. The highest BCUT2D eigenvalue weighted by molar-refractivity contribution is 7.98. The van der Waals surface area contributed by atoms with Gasteiger partial charge in [0.25, 0.3) is 5.91 Å². The molecule has 0 atom stereocenters. The summed E-state index contributed by atoms with van der Waals surface area (Å²) in [6.07, 6.45) is 2.00. The largest absolute Gasteiger partial charge is 0.321 e. The molecule has 0 saturated heterocycles. The number of thioether (sulfide) groups is 1. The maximum absolute atomic E-state index is 12.3. The third kappa shape index (κ3) is 4.13. The lowest BCUT2D eigenvalue weighted by Crippen LogP contribution is -2.14. The third-order valence-corrected chi connectivity index (χ3v) is 5.33. The summed E-state index contributed by atoms with van der Waals surface area (Å²) in [4.78, 5) is 13.4. The Labute approximate surface area is 155 Å². The predicted octanol–water partition coefficient (Wildman–Crippen LogP) is 2.70. The van der Waals surface area contributed by atoms with Crippen LogP contribution in [0.1, 0.15) is 10.5 Å². The Morgan fingerprint density at radius 3 is 2.35 bits per heavy atom. The van der Waals surface area contributed by atoms with Crippen LogP contribution in [0.5, 0.6) is 0 Å². The first kappa shape index (κ1) is 18.2. The number of primary sulfonamides is 1. The van der Waals surface area contributed by atoms with E-state index >= 15 is 0 Å². The number of nitrogens with two attached hydrogens (primary N) is 1. The number of aromatic nitrogens is 2. The molecule has 3 aromatic rings. The lowest BCUT2D eigenvalue weighted by molar-refractivity contribution is 0.102. The van der Waals surface area contributed by atoms with Crippen LogP contribution in [0.15, 0.2) is 64.4 Å². The minimum absolute atomic E-state index is 0.0220. The Kier molecular flexibility index (Phi) is 5.12. The minimum atomic E-state index is -3.76. The molecule has 0 saturated carbocycles. The molecule has 0 radical (unpaired) electrons. The van der Waals surface area contributed by atoms with Crippen LogP contribution in [0, 0.1) is 0 Å². The van der Waals surface area contributed by atoms with Crippen LogP contribution >= 0.6 is 11.8 Å². The summed E-state index contributed by atoms with van der Waals surface area (Å²) in [5, 5.41) is 14.6. The fourth-order valence-corrected chi connectivity index (χ4v) is 3.20. The fraction of sp³-hybridized carbons (Fsp3) is 0.0588. The molecule has 26 heavy (non-hydrogen) atoms. The number of carbonyl (C=O) groups is 1. The SMILES string of the molecule is CSc1ccc(-c2cc(C(=O)Nc3ccc(S(N)(=O)=O)cc3)n[nH]2)cc1. The van der Waals surface area contributed by atoms with Gasteiger partial charge < -0.3 is 5.32 Å². The highest BCUT2D eigenvalue weighted by Gasteiger charge is 2.13. The molecule has 1 amide bonds. The Balaban J connectivity index is 1.73. The highest BCUT2D eigenvalue weighted by atomic mass is 32.2. The Bertz CT molecular complexity index is 1030. The number of nitrogens with one attached hydrogen (secondary N) is 2. The summed E-state index contributed by atoms with van der Waals surface area (Å²) in [6.45, 7) is 0. The monoisotopic (exact) mass is 388 g/mol. The first-order valence-corrected chi connectivity index (χ1v) is 10.3. The van der Waals surface area contributed by atoms with Crippen molar-refractivity contribution in [3.63, 3.8) is 0 Å². The van der Waals surface area contributed by atoms with E-state index in [-0.39, 0.29) is 10.6 Å². The number of hydrogen-bond donors (Lipinski definition) is 3. The van der Waals surface area contributed by atoms with Gasteiger partial charge in [-0.25, -0.2) is 13.6 Å². The molecule has 0 fully saturated rings. The maximum atomic E-state index is 12.3.